The van der Waals surface area contributed by atoms with E-state index in [0.717, 1.165) is 41.3 Å². The van der Waals surface area contributed by atoms with Crippen molar-refractivity contribution in [2.45, 2.75) is 44.4 Å². The first-order valence-electron chi connectivity index (χ1n) is 10.6. The number of benzene rings is 2. The number of esters is 2. The van der Waals surface area contributed by atoms with Crippen LogP contribution in [-0.2, 0) is 25.6 Å². The van der Waals surface area contributed by atoms with E-state index in [-0.39, 0.29) is 5.57 Å². The SMILES string of the molecule is O=C1OC2(CCCCC2)OC(=O)C1=Cc1cn(Cc2ccc(Cl)cc2Cl)c2ccccc12. The molecule has 32 heavy (non-hydrogen) atoms. The van der Waals surface area contributed by atoms with Gasteiger partial charge in [0.1, 0.15) is 5.57 Å². The minimum Gasteiger partial charge on any atom is -0.419 e. The Kier molecular flexibility index (Phi) is 5.48. The average Bonchev–Trinajstić information content (AvgIpc) is 3.11. The van der Waals surface area contributed by atoms with Gasteiger partial charge in [0, 0.05) is 52.1 Å². The highest BCUT2D eigenvalue weighted by molar-refractivity contribution is 6.35. The van der Waals surface area contributed by atoms with E-state index in [1.165, 1.54) is 0 Å². The highest BCUT2D eigenvalue weighted by atomic mass is 35.5. The monoisotopic (exact) mass is 469 g/mol. The fraction of sp³-hybridized carbons (Fsp3) is 0.280. The van der Waals surface area contributed by atoms with E-state index >= 15 is 0 Å². The number of aromatic nitrogens is 1. The fourth-order valence-corrected chi connectivity index (χ4v) is 4.94. The van der Waals surface area contributed by atoms with Crippen LogP contribution in [0.5, 0.6) is 0 Å². The Bertz CT molecular complexity index is 1230. The molecule has 164 valence electrons. The molecule has 1 aliphatic heterocycles. The predicted molar refractivity (Wildman–Crippen MR) is 123 cm³/mol. The van der Waals surface area contributed by atoms with Crippen molar-refractivity contribution in [3.05, 3.63) is 75.4 Å². The fourth-order valence-electron chi connectivity index (χ4n) is 4.47. The van der Waals surface area contributed by atoms with E-state index in [1.807, 2.05) is 41.1 Å². The molecule has 0 bridgehead atoms. The van der Waals surface area contributed by atoms with Crippen LogP contribution in [0.3, 0.4) is 0 Å². The first kappa shape index (κ1) is 21.1. The third-order valence-corrected chi connectivity index (χ3v) is 6.67. The molecule has 7 heteroatoms. The first-order valence-corrected chi connectivity index (χ1v) is 11.4. The summed E-state index contributed by atoms with van der Waals surface area (Å²) < 4.78 is 13.3. The number of fused-ring (bicyclic) bond motifs is 1. The second-order valence-electron chi connectivity index (χ2n) is 8.27. The Hall–Kier alpha value is -2.76. The maximum atomic E-state index is 12.8. The standard InChI is InChI=1S/C25H21Cl2NO4/c26-18-9-8-16(21(27)13-18)14-28-15-17(19-6-2-3-7-22(19)28)12-20-23(29)31-25(32-24(20)30)10-4-1-5-11-25/h2-3,6-9,12-13,15H,1,4-5,10-11,14H2. The maximum Gasteiger partial charge on any atom is 0.348 e. The summed E-state index contributed by atoms with van der Waals surface area (Å²) >= 11 is 12.4. The molecule has 0 amide bonds. The summed E-state index contributed by atoms with van der Waals surface area (Å²) in [5.41, 5.74) is 2.50. The minimum atomic E-state index is -1.09. The third kappa shape index (κ3) is 3.91. The van der Waals surface area contributed by atoms with E-state index in [4.69, 9.17) is 32.7 Å². The molecule has 2 aromatic carbocycles. The lowest BCUT2D eigenvalue weighted by atomic mass is 9.93. The van der Waals surface area contributed by atoms with Crippen molar-refractivity contribution in [1.82, 2.24) is 4.57 Å². The van der Waals surface area contributed by atoms with Gasteiger partial charge >= 0.3 is 11.9 Å². The Morgan fingerprint density at radius 2 is 1.69 bits per heavy atom. The number of para-hydroxylation sites is 1. The van der Waals surface area contributed by atoms with Gasteiger partial charge in [-0.3, -0.25) is 0 Å². The summed E-state index contributed by atoms with van der Waals surface area (Å²) in [6.45, 7) is 0.512. The van der Waals surface area contributed by atoms with Crippen LogP contribution in [0.2, 0.25) is 10.0 Å². The number of ether oxygens (including phenoxy) is 2. The molecule has 2 heterocycles. The van der Waals surface area contributed by atoms with Gasteiger partial charge in [-0.2, -0.15) is 0 Å². The summed E-state index contributed by atoms with van der Waals surface area (Å²) in [4.78, 5) is 25.5. The lowest BCUT2D eigenvalue weighted by Gasteiger charge is -2.38. The highest BCUT2D eigenvalue weighted by Gasteiger charge is 2.46. The summed E-state index contributed by atoms with van der Waals surface area (Å²) in [6.07, 6.45) is 7.37. The van der Waals surface area contributed by atoms with Crippen LogP contribution in [0.25, 0.3) is 17.0 Å². The number of carbonyl (C=O) groups is 2. The van der Waals surface area contributed by atoms with E-state index in [1.54, 1.807) is 18.2 Å². The van der Waals surface area contributed by atoms with Gasteiger partial charge in [-0.05, 0) is 42.7 Å². The summed E-state index contributed by atoms with van der Waals surface area (Å²) in [5.74, 6) is -2.34. The number of nitrogens with zero attached hydrogens (tertiary/aromatic N) is 1. The first-order chi connectivity index (χ1) is 15.4. The number of hydrogen-bond donors (Lipinski definition) is 0. The smallest absolute Gasteiger partial charge is 0.348 e. The van der Waals surface area contributed by atoms with Crippen molar-refractivity contribution in [3.8, 4) is 0 Å². The Balaban J connectivity index is 1.50. The van der Waals surface area contributed by atoms with Crippen molar-refractivity contribution < 1.29 is 19.1 Å². The van der Waals surface area contributed by atoms with Gasteiger partial charge < -0.3 is 14.0 Å². The zero-order valence-electron chi connectivity index (χ0n) is 17.3. The Labute approximate surface area is 195 Å². The van der Waals surface area contributed by atoms with E-state index in [2.05, 4.69) is 0 Å². The lowest BCUT2D eigenvalue weighted by Crippen LogP contribution is -2.47. The molecule has 1 aromatic heterocycles. The molecule has 0 radical (unpaired) electrons. The number of halogens is 2. The van der Waals surface area contributed by atoms with Gasteiger partial charge in [-0.1, -0.05) is 53.9 Å². The molecular formula is C25H21Cl2NO4. The largest absolute Gasteiger partial charge is 0.419 e. The van der Waals surface area contributed by atoms with Crippen molar-refractivity contribution in [3.63, 3.8) is 0 Å². The van der Waals surface area contributed by atoms with Crippen molar-refractivity contribution in [2.75, 3.05) is 0 Å². The molecule has 5 nitrogen and oxygen atoms in total. The zero-order chi connectivity index (χ0) is 22.3. The van der Waals surface area contributed by atoms with Gasteiger partial charge in [-0.15, -0.1) is 0 Å². The van der Waals surface area contributed by atoms with E-state index in [9.17, 15) is 9.59 Å². The molecule has 2 aliphatic rings. The minimum absolute atomic E-state index is 0.0892. The van der Waals surface area contributed by atoms with Gasteiger partial charge in [0.25, 0.3) is 5.79 Å². The van der Waals surface area contributed by atoms with Crippen LogP contribution >= 0.6 is 23.2 Å². The zero-order valence-corrected chi connectivity index (χ0v) is 18.8. The third-order valence-electron chi connectivity index (χ3n) is 6.09. The number of carbonyl (C=O) groups excluding carboxylic acids is 2. The number of rotatable bonds is 3. The Morgan fingerprint density at radius 1 is 0.969 bits per heavy atom. The second kappa shape index (κ2) is 8.30. The van der Waals surface area contributed by atoms with E-state index < -0.39 is 17.7 Å². The molecule has 3 aromatic rings. The van der Waals surface area contributed by atoms with Crippen LogP contribution in [0.15, 0.2) is 54.2 Å². The maximum absolute atomic E-state index is 12.8. The van der Waals surface area contributed by atoms with Gasteiger partial charge in [0.05, 0.1) is 0 Å². The lowest BCUT2D eigenvalue weighted by molar-refractivity contribution is -0.244. The molecule has 1 aliphatic carbocycles. The molecule has 2 fully saturated rings. The number of hydrogen-bond acceptors (Lipinski definition) is 4. The highest BCUT2D eigenvalue weighted by Crippen LogP contribution is 2.38. The normalized spacial score (nSPS) is 18.0. The molecule has 1 spiro atoms. The molecule has 0 N–H and O–H groups in total. The van der Waals surface area contributed by atoms with Gasteiger partial charge in [0.2, 0.25) is 0 Å². The van der Waals surface area contributed by atoms with Crippen molar-refractivity contribution >= 4 is 52.1 Å². The van der Waals surface area contributed by atoms with Crippen LogP contribution in [-0.4, -0.2) is 22.3 Å². The van der Waals surface area contributed by atoms with Crippen LogP contribution in [0.4, 0.5) is 0 Å². The van der Waals surface area contributed by atoms with Gasteiger partial charge in [-0.25, -0.2) is 9.59 Å². The quantitative estimate of drug-likeness (QED) is 0.262. The topological polar surface area (TPSA) is 57.5 Å². The average molecular weight is 470 g/mol. The van der Waals surface area contributed by atoms with Gasteiger partial charge in [0.15, 0.2) is 0 Å². The van der Waals surface area contributed by atoms with Crippen LogP contribution in [0, 0.1) is 0 Å². The van der Waals surface area contributed by atoms with E-state index in [0.29, 0.717) is 29.4 Å². The summed E-state index contributed by atoms with van der Waals surface area (Å²) in [7, 11) is 0. The molecule has 0 atom stereocenters. The second-order valence-corrected chi connectivity index (χ2v) is 9.12. The van der Waals surface area contributed by atoms with Crippen molar-refractivity contribution in [2.24, 2.45) is 0 Å². The van der Waals surface area contributed by atoms with Crippen molar-refractivity contribution in [1.29, 1.82) is 0 Å². The molecule has 1 saturated heterocycles. The Morgan fingerprint density at radius 3 is 2.41 bits per heavy atom. The summed E-state index contributed by atoms with van der Waals surface area (Å²) in [5, 5.41) is 2.06. The molecule has 5 rings (SSSR count). The van der Waals surface area contributed by atoms with Crippen LogP contribution < -0.4 is 0 Å². The summed E-state index contributed by atoms with van der Waals surface area (Å²) in [6, 6.07) is 13.2. The molecular weight excluding hydrogens is 449 g/mol. The predicted octanol–water partition coefficient (Wildman–Crippen LogP) is 6.14. The molecule has 0 unspecified atom stereocenters. The molecule has 1 saturated carbocycles. The van der Waals surface area contributed by atoms with Crippen LogP contribution in [0.1, 0.15) is 43.2 Å².